The molecule has 1 N–H and O–H groups in total. The summed E-state index contributed by atoms with van der Waals surface area (Å²) < 4.78 is 4.51. The molecule has 0 unspecified atom stereocenters. The van der Waals surface area contributed by atoms with E-state index >= 15 is 0 Å². The van der Waals surface area contributed by atoms with Crippen LogP contribution in [0.4, 0.5) is 5.69 Å². The largest absolute Gasteiger partial charge is 0.459 e. The highest BCUT2D eigenvalue weighted by Gasteiger charge is 2.16. The fraction of sp³-hybridized carbons (Fsp3) is 0.182. The number of amides is 1. The number of nitrogens with zero attached hydrogens (tertiary/aromatic N) is 1. The van der Waals surface area contributed by atoms with E-state index in [1.807, 2.05) is 6.07 Å². The summed E-state index contributed by atoms with van der Waals surface area (Å²) in [5.41, 5.74) is 0.394. The number of ether oxygens (including phenoxy) is 1. The number of carbonyl (C=O) groups excluding carboxylic acids is 2. The van der Waals surface area contributed by atoms with Crippen LogP contribution < -0.4 is 5.32 Å². The second-order valence-corrected chi connectivity index (χ2v) is 3.41. The zero-order chi connectivity index (χ0) is 12.8. The van der Waals surface area contributed by atoms with Gasteiger partial charge in [-0.05, 0) is 25.1 Å². The Morgan fingerprint density at radius 1 is 1.53 bits per heavy atom. The predicted molar refractivity (Wildman–Crippen MR) is 61.4 cm³/mol. The van der Waals surface area contributed by atoms with Crippen LogP contribution in [0.15, 0.2) is 18.2 Å². The maximum atomic E-state index is 11.3. The van der Waals surface area contributed by atoms with Crippen molar-refractivity contribution >= 4 is 29.2 Å². The van der Waals surface area contributed by atoms with Crippen LogP contribution in [0.3, 0.4) is 0 Å². The number of anilines is 1. The molecular weight excluding hydrogens is 244 g/mol. The monoisotopic (exact) mass is 252 g/mol. The third-order valence-corrected chi connectivity index (χ3v) is 2.05. The van der Waals surface area contributed by atoms with Crippen molar-refractivity contribution in [3.8, 4) is 6.07 Å². The Kier molecular flexibility index (Phi) is 4.49. The number of halogens is 1. The number of carbonyl (C=O) groups is 2. The highest BCUT2D eigenvalue weighted by Crippen LogP contribution is 2.19. The Morgan fingerprint density at radius 2 is 2.24 bits per heavy atom. The number of hydrogen-bond acceptors (Lipinski definition) is 4. The highest BCUT2D eigenvalue weighted by atomic mass is 35.5. The van der Waals surface area contributed by atoms with Gasteiger partial charge in [0.1, 0.15) is 6.07 Å². The average molecular weight is 253 g/mol. The van der Waals surface area contributed by atoms with Gasteiger partial charge in [0.25, 0.3) is 0 Å². The third-order valence-electron chi connectivity index (χ3n) is 1.81. The fourth-order valence-electron chi connectivity index (χ4n) is 1.09. The van der Waals surface area contributed by atoms with E-state index < -0.39 is 11.9 Å². The minimum Gasteiger partial charge on any atom is -0.459 e. The van der Waals surface area contributed by atoms with E-state index in [1.165, 1.54) is 18.2 Å². The fourth-order valence-corrected chi connectivity index (χ4v) is 1.26. The van der Waals surface area contributed by atoms with E-state index in [0.717, 1.165) is 0 Å². The van der Waals surface area contributed by atoms with E-state index in [0.29, 0.717) is 5.02 Å². The number of rotatable bonds is 2. The number of esters is 1. The summed E-state index contributed by atoms with van der Waals surface area (Å²) in [7, 11) is 0. The first-order valence-corrected chi connectivity index (χ1v) is 5.14. The van der Waals surface area contributed by atoms with Crippen LogP contribution in [0.2, 0.25) is 5.02 Å². The van der Waals surface area contributed by atoms with Crippen molar-refractivity contribution < 1.29 is 14.3 Å². The van der Waals surface area contributed by atoms with Gasteiger partial charge in [-0.15, -0.1) is 0 Å². The third kappa shape index (κ3) is 3.47. The van der Waals surface area contributed by atoms with E-state index in [-0.39, 0.29) is 17.9 Å². The first-order chi connectivity index (χ1) is 8.08. The van der Waals surface area contributed by atoms with Crippen LogP contribution in [0.5, 0.6) is 0 Å². The van der Waals surface area contributed by atoms with Gasteiger partial charge in [0.2, 0.25) is 0 Å². The number of hydrogen-bond donors (Lipinski definition) is 1. The van der Waals surface area contributed by atoms with E-state index in [1.54, 1.807) is 6.92 Å². The molecule has 17 heavy (non-hydrogen) atoms. The molecule has 0 fully saturated rings. The second-order valence-electron chi connectivity index (χ2n) is 2.98. The highest BCUT2D eigenvalue weighted by molar-refractivity contribution is 6.37. The lowest BCUT2D eigenvalue weighted by Gasteiger charge is -2.06. The molecule has 0 bridgehead atoms. The first-order valence-electron chi connectivity index (χ1n) is 4.76. The molecule has 0 radical (unpaired) electrons. The van der Waals surface area contributed by atoms with Crippen molar-refractivity contribution in [2.75, 3.05) is 11.9 Å². The lowest BCUT2D eigenvalue weighted by molar-refractivity contribution is -0.152. The zero-order valence-corrected chi connectivity index (χ0v) is 9.75. The maximum absolute atomic E-state index is 11.3. The maximum Gasteiger partial charge on any atom is 0.397 e. The standard InChI is InChI=1S/C11H9ClN2O3/c1-2-17-11(16)10(15)14-9-4-3-8(12)5-7(9)6-13/h3-5H,2H2,1H3,(H,14,15). The number of benzene rings is 1. The summed E-state index contributed by atoms with van der Waals surface area (Å²) in [4.78, 5) is 22.4. The Morgan fingerprint density at radius 3 is 2.82 bits per heavy atom. The molecule has 6 heteroatoms. The summed E-state index contributed by atoms with van der Waals surface area (Å²) in [6.45, 7) is 1.70. The number of nitrogens with one attached hydrogen (secondary N) is 1. The summed E-state index contributed by atoms with van der Waals surface area (Å²) in [5, 5.41) is 11.5. The van der Waals surface area contributed by atoms with Gasteiger partial charge in [-0.3, -0.25) is 4.79 Å². The van der Waals surface area contributed by atoms with Crippen LogP contribution in [-0.2, 0) is 14.3 Å². The van der Waals surface area contributed by atoms with Gasteiger partial charge < -0.3 is 10.1 Å². The Balaban J connectivity index is 2.86. The quantitative estimate of drug-likeness (QED) is 0.642. The van der Waals surface area contributed by atoms with Gasteiger partial charge in [0.15, 0.2) is 0 Å². The molecule has 1 amide bonds. The predicted octanol–water partition coefficient (Wildman–Crippen LogP) is 1.71. The molecule has 0 aliphatic carbocycles. The molecule has 0 heterocycles. The topological polar surface area (TPSA) is 79.2 Å². The summed E-state index contributed by atoms with van der Waals surface area (Å²) in [5.74, 6) is -1.92. The SMILES string of the molecule is CCOC(=O)C(=O)Nc1ccc(Cl)cc1C#N. The summed E-state index contributed by atoms with van der Waals surface area (Å²) >= 11 is 5.69. The zero-order valence-electron chi connectivity index (χ0n) is 8.99. The molecule has 5 nitrogen and oxygen atoms in total. The van der Waals surface area contributed by atoms with Gasteiger partial charge in [0.05, 0.1) is 17.9 Å². The van der Waals surface area contributed by atoms with Crippen molar-refractivity contribution in [3.63, 3.8) is 0 Å². The molecule has 1 aromatic carbocycles. The molecule has 1 aromatic rings. The minimum atomic E-state index is -0.994. The van der Waals surface area contributed by atoms with E-state index in [4.69, 9.17) is 16.9 Å². The van der Waals surface area contributed by atoms with Crippen LogP contribution in [0.25, 0.3) is 0 Å². The van der Waals surface area contributed by atoms with Crippen molar-refractivity contribution in [1.29, 1.82) is 5.26 Å². The smallest absolute Gasteiger partial charge is 0.397 e. The minimum absolute atomic E-state index is 0.109. The summed E-state index contributed by atoms with van der Waals surface area (Å²) in [6.07, 6.45) is 0. The molecule has 0 atom stereocenters. The van der Waals surface area contributed by atoms with E-state index in [9.17, 15) is 9.59 Å². The average Bonchev–Trinajstić information content (AvgIpc) is 2.31. The second kappa shape index (κ2) is 5.87. The molecular formula is C11H9ClN2O3. The lowest BCUT2D eigenvalue weighted by Crippen LogP contribution is -2.25. The molecule has 88 valence electrons. The van der Waals surface area contributed by atoms with Crippen molar-refractivity contribution in [1.82, 2.24) is 0 Å². The van der Waals surface area contributed by atoms with Crippen LogP contribution in [-0.4, -0.2) is 18.5 Å². The van der Waals surface area contributed by atoms with Crippen molar-refractivity contribution in [3.05, 3.63) is 28.8 Å². The van der Waals surface area contributed by atoms with Gasteiger partial charge in [-0.1, -0.05) is 11.6 Å². The molecule has 0 aliphatic heterocycles. The van der Waals surface area contributed by atoms with Gasteiger partial charge >= 0.3 is 11.9 Å². The molecule has 0 spiro atoms. The Hall–Kier alpha value is -2.06. The van der Waals surface area contributed by atoms with Crippen LogP contribution in [0.1, 0.15) is 12.5 Å². The van der Waals surface area contributed by atoms with Crippen molar-refractivity contribution in [2.24, 2.45) is 0 Å². The summed E-state index contributed by atoms with van der Waals surface area (Å²) in [6, 6.07) is 6.20. The van der Waals surface area contributed by atoms with Gasteiger partial charge in [0, 0.05) is 5.02 Å². The van der Waals surface area contributed by atoms with Gasteiger partial charge in [-0.2, -0.15) is 5.26 Å². The number of nitriles is 1. The lowest BCUT2D eigenvalue weighted by atomic mass is 10.2. The Bertz CT molecular complexity index is 494. The normalized spacial score (nSPS) is 9.24. The van der Waals surface area contributed by atoms with Crippen LogP contribution in [0, 0.1) is 11.3 Å². The van der Waals surface area contributed by atoms with E-state index in [2.05, 4.69) is 10.1 Å². The molecule has 1 rings (SSSR count). The van der Waals surface area contributed by atoms with Crippen LogP contribution >= 0.6 is 11.6 Å². The van der Waals surface area contributed by atoms with Crippen molar-refractivity contribution in [2.45, 2.75) is 6.92 Å². The van der Waals surface area contributed by atoms with Gasteiger partial charge in [-0.25, -0.2) is 4.79 Å². The molecule has 0 aromatic heterocycles. The Labute approximate surface area is 103 Å². The molecule has 0 aliphatic rings. The first kappa shape index (κ1) is 13.0. The molecule has 0 saturated carbocycles. The molecule has 0 saturated heterocycles.